The molecule has 0 aromatic carbocycles. The number of hydrogen-bond acceptors (Lipinski definition) is 3. The van der Waals surface area contributed by atoms with Crippen molar-refractivity contribution in [3.05, 3.63) is 0 Å². The molecule has 1 aliphatic heterocycles. The molecular weight excluding hydrogens is 240 g/mol. The molecule has 0 radical (unpaired) electrons. The predicted octanol–water partition coefficient (Wildman–Crippen LogP) is 1.53. The number of piperidine rings is 1. The van der Waals surface area contributed by atoms with Crippen molar-refractivity contribution in [2.24, 2.45) is 5.41 Å². The number of likely N-dealkylation sites (tertiary alicyclic amines) is 1. The number of rotatable bonds is 3. The molecule has 110 valence electrons. The lowest BCUT2D eigenvalue weighted by Gasteiger charge is -2.44. The normalized spacial score (nSPS) is 30.4. The number of likely N-dealkylation sites (N-methyl/N-ethyl adjacent to an activating group) is 1. The van der Waals surface area contributed by atoms with E-state index in [0.29, 0.717) is 12.0 Å². The molecule has 1 saturated heterocycles. The molecule has 1 unspecified atom stereocenters. The second kappa shape index (κ2) is 5.41. The van der Waals surface area contributed by atoms with Gasteiger partial charge in [0.25, 0.3) is 0 Å². The van der Waals surface area contributed by atoms with Crippen LogP contribution in [0.1, 0.15) is 52.4 Å². The highest BCUT2D eigenvalue weighted by Gasteiger charge is 2.40. The predicted molar refractivity (Wildman–Crippen MR) is 75.9 cm³/mol. The number of carbonyl (C=O) groups excluding carboxylic acids is 1. The molecule has 2 N–H and O–H groups in total. The zero-order valence-electron chi connectivity index (χ0n) is 12.5. The van der Waals surface area contributed by atoms with Gasteiger partial charge in [0.15, 0.2) is 0 Å². The van der Waals surface area contributed by atoms with E-state index in [0.717, 1.165) is 45.1 Å². The summed E-state index contributed by atoms with van der Waals surface area (Å²) in [5.74, 6) is 0.159. The van der Waals surface area contributed by atoms with Gasteiger partial charge in [0.2, 0.25) is 5.91 Å². The molecule has 1 aliphatic carbocycles. The minimum Gasteiger partial charge on any atom is -0.388 e. The first-order valence-electron chi connectivity index (χ1n) is 7.54. The SMILES string of the molecule is CNC1CCCN(CC2(O)CCC(C)(C)CC2)C1=O. The quantitative estimate of drug-likeness (QED) is 0.816. The molecular formula is C15H28N2O2. The molecule has 0 spiro atoms. The van der Waals surface area contributed by atoms with Gasteiger partial charge in [-0.1, -0.05) is 13.8 Å². The molecule has 1 atom stereocenters. The maximum atomic E-state index is 12.3. The van der Waals surface area contributed by atoms with Crippen LogP contribution in [0.2, 0.25) is 0 Å². The molecule has 0 bridgehead atoms. The molecule has 2 rings (SSSR count). The van der Waals surface area contributed by atoms with E-state index in [9.17, 15) is 9.90 Å². The highest BCUT2D eigenvalue weighted by atomic mass is 16.3. The standard InChI is InChI=1S/C15H28N2O2/c1-14(2)6-8-15(19,9-7-14)11-17-10-4-5-12(16-3)13(17)18/h12,16,19H,4-11H2,1-3H3. The van der Waals surface area contributed by atoms with Crippen LogP contribution in [0.4, 0.5) is 0 Å². The van der Waals surface area contributed by atoms with Gasteiger partial charge in [-0.05, 0) is 51.0 Å². The third-order valence-electron chi connectivity index (χ3n) is 4.90. The Hall–Kier alpha value is -0.610. The summed E-state index contributed by atoms with van der Waals surface area (Å²) in [7, 11) is 1.84. The Kier molecular flexibility index (Phi) is 4.21. The summed E-state index contributed by atoms with van der Waals surface area (Å²) in [5.41, 5.74) is -0.327. The Labute approximate surface area is 116 Å². The number of aliphatic hydroxyl groups is 1. The van der Waals surface area contributed by atoms with Crippen LogP contribution in [0.5, 0.6) is 0 Å². The number of amides is 1. The minimum atomic E-state index is -0.666. The third-order valence-corrected chi connectivity index (χ3v) is 4.90. The first-order chi connectivity index (χ1) is 8.85. The Bertz CT molecular complexity index is 331. The van der Waals surface area contributed by atoms with Gasteiger partial charge in [-0.2, -0.15) is 0 Å². The van der Waals surface area contributed by atoms with E-state index in [2.05, 4.69) is 19.2 Å². The summed E-state index contributed by atoms with van der Waals surface area (Å²) in [6.45, 7) is 5.83. The van der Waals surface area contributed by atoms with Crippen LogP contribution in [-0.4, -0.2) is 47.7 Å². The minimum absolute atomic E-state index is 0.0580. The van der Waals surface area contributed by atoms with Crippen molar-refractivity contribution in [3.8, 4) is 0 Å². The zero-order valence-corrected chi connectivity index (χ0v) is 12.5. The Morgan fingerprint density at radius 1 is 1.32 bits per heavy atom. The molecule has 0 aromatic rings. The van der Waals surface area contributed by atoms with E-state index in [1.165, 1.54) is 0 Å². The Morgan fingerprint density at radius 2 is 1.95 bits per heavy atom. The number of nitrogens with zero attached hydrogens (tertiary/aromatic N) is 1. The van der Waals surface area contributed by atoms with E-state index >= 15 is 0 Å². The third kappa shape index (κ3) is 3.48. The van der Waals surface area contributed by atoms with Gasteiger partial charge >= 0.3 is 0 Å². The lowest BCUT2D eigenvalue weighted by atomic mass is 9.71. The lowest BCUT2D eigenvalue weighted by molar-refractivity contribution is -0.141. The number of β-amino-alcohol motifs (C(OH)–C–C–N with tert-alkyl or cyclic N) is 1. The van der Waals surface area contributed by atoms with Crippen LogP contribution in [0.25, 0.3) is 0 Å². The monoisotopic (exact) mass is 268 g/mol. The van der Waals surface area contributed by atoms with Gasteiger partial charge in [0.1, 0.15) is 0 Å². The Morgan fingerprint density at radius 3 is 2.53 bits per heavy atom. The summed E-state index contributed by atoms with van der Waals surface area (Å²) in [6, 6.07) is -0.0580. The molecule has 19 heavy (non-hydrogen) atoms. The lowest BCUT2D eigenvalue weighted by Crippen LogP contribution is -2.55. The Balaban J connectivity index is 1.95. The first kappa shape index (κ1) is 14.8. The van der Waals surface area contributed by atoms with Gasteiger partial charge in [0.05, 0.1) is 11.6 Å². The molecule has 4 heteroatoms. The highest BCUT2D eigenvalue weighted by Crippen LogP contribution is 2.40. The summed E-state index contributed by atoms with van der Waals surface area (Å²) < 4.78 is 0. The van der Waals surface area contributed by atoms with Gasteiger partial charge in [0, 0.05) is 13.1 Å². The number of hydrogen-bond donors (Lipinski definition) is 2. The number of nitrogens with one attached hydrogen (secondary N) is 1. The maximum absolute atomic E-state index is 12.3. The van der Waals surface area contributed by atoms with Gasteiger partial charge < -0.3 is 15.3 Å². The molecule has 4 nitrogen and oxygen atoms in total. The summed E-state index contributed by atoms with van der Waals surface area (Å²) in [4.78, 5) is 14.1. The van der Waals surface area contributed by atoms with Crippen molar-refractivity contribution in [2.45, 2.75) is 64.0 Å². The first-order valence-corrected chi connectivity index (χ1v) is 7.54. The average Bonchev–Trinajstić information content (AvgIpc) is 2.37. The molecule has 0 aromatic heterocycles. The van der Waals surface area contributed by atoms with Crippen molar-refractivity contribution in [1.82, 2.24) is 10.2 Å². The molecule has 1 saturated carbocycles. The van der Waals surface area contributed by atoms with Gasteiger partial charge in [-0.3, -0.25) is 4.79 Å². The van der Waals surface area contributed by atoms with Crippen LogP contribution < -0.4 is 5.32 Å². The van der Waals surface area contributed by atoms with E-state index in [1.54, 1.807) is 0 Å². The van der Waals surface area contributed by atoms with Crippen molar-refractivity contribution >= 4 is 5.91 Å². The van der Waals surface area contributed by atoms with Crippen molar-refractivity contribution in [2.75, 3.05) is 20.1 Å². The molecule has 2 aliphatic rings. The second-order valence-corrected chi connectivity index (χ2v) is 7.13. The van der Waals surface area contributed by atoms with E-state index in [4.69, 9.17) is 0 Å². The highest BCUT2D eigenvalue weighted by molar-refractivity contribution is 5.82. The molecule has 1 amide bonds. The summed E-state index contributed by atoms with van der Waals surface area (Å²) in [6.07, 6.45) is 5.65. The summed E-state index contributed by atoms with van der Waals surface area (Å²) in [5, 5.41) is 13.8. The van der Waals surface area contributed by atoms with Crippen LogP contribution >= 0.6 is 0 Å². The zero-order chi connectivity index (χ0) is 14.1. The van der Waals surface area contributed by atoms with Crippen LogP contribution in [0.3, 0.4) is 0 Å². The molecule has 2 fully saturated rings. The molecule has 1 heterocycles. The van der Waals surface area contributed by atoms with Crippen LogP contribution in [0.15, 0.2) is 0 Å². The van der Waals surface area contributed by atoms with E-state index in [1.807, 2.05) is 11.9 Å². The fourth-order valence-corrected chi connectivity index (χ4v) is 3.27. The van der Waals surface area contributed by atoms with Crippen molar-refractivity contribution < 1.29 is 9.90 Å². The van der Waals surface area contributed by atoms with Crippen molar-refractivity contribution in [1.29, 1.82) is 0 Å². The maximum Gasteiger partial charge on any atom is 0.239 e. The average molecular weight is 268 g/mol. The fourth-order valence-electron chi connectivity index (χ4n) is 3.27. The van der Waals surface area contributed by atoms with E-state index in [-0.39, 0.29) is 11.9 Å². The number of carbonyl (C=O) groups is 1. The van der Waals surface area contributed by atoms with E-state index < -0.39 is 5.60 Å². The fraction of sp³-hybridized carbons (Fsp3) is 0.933. The summed E-state index contributed by atoms with van der Waals surface area (Å²) >= 11 is 0. The van der Waals surface area contributed by atoms with Gasteiger partial charge in [-0.15, -0.1) is 0 Å². The second-order valence-electron chi connectivity index (χ2n) is 7.13. The van der Waals surface area contributed by atoms with Crippen molar-refractivity contribution in [3.63, 3.8) is 0 Å². The smallest absolute Gasteiger partial charge is 0.239 e. The van der Waals surface area contributed by atoms with Gasteiger partial charge in [-0.25, -0.2) is 0 Å². The van der Waals surface area contributed by atoms with Crippen LogP contribution in [-0.2, 0) is 4.79 Å². The topological polar surface area (TPSA) is 52.6 Å². The van der Waals surface area contributed by atoms with Crippen LogP contribution in [0, 0.1) is 5.41 Å². The largest absolute Gasteiger partial charge is 0.388 e.